The molecule has 0 fully saturated rings. The lowest BCUT2D eigenvalue weighted by Crippen LogP contribution is -2.42. The predicted octanol–water partition coefficient (Wildman–Crippen LogP) is 4.54. The van der Waals surface area contributed by atoms with Crippen LogP contribution in [0.5, 0.6) is 0 Å². The van der Waals surface area contributed by atoms with Gasteiger partial charge >= 0.3 is 6.09 Å². The van der Waals surface area contributed by atoms with Gasteiger partial charge < -0.3 is 4.74 Å². The number of rotatable bonds is 3. The number of carbonyl (C=O) groups is 1. The van der Waals surface area contributed by atoms with Crippen LogP contribution < -0.4 is 4.90 Å². The molecule has 2 aromatic carbocycles. The zero-order valence-corrected chi connectivity index (χ0v) is 14.1. The van der Waals surface area contributed by atoms with Crippen LogP contribution in [0.4, 0.5) is 16.2 Å². The van der Waals surface area contributed by atoms with Crippen LogP contribution in [0.25, 0.3) is 0 Å². The molecular formula is C20H22N2O2. The minimum absolute atomic E-state index is 0.133. The summed E-state index contributed by atoms with van der Waals surface area (Å²) in [5, 5.41) is 0. The fourth-order valence-corrected chi connectivity index (χ4v) is 3.13. The highest BCUT2D eigenvalue weighted by atomic mass is 16.5. The average Bonchev–Trinajstić information content (AvgIpc) is 2.62. The fourth-order valence-electron chi connectivity index (χ4n) is 3.13. The van der Waals surface area contributed by atoms with E-state index in [-0.39, 0.29) is 12.1 Å². The van der Waals surface area contributed by atoms with Gasteiger partial charge in [-0.05, 0) is 37.5 Å². The summed E-state index contributed by atoms with van der Waals surface area (Å²) in [5.41, 5.74) is 4.19. The lowest BCUT2D eigenvalue weighted by Gasteiger charge is -2.34. The molecule has 24 heavy (non-hydrogen) atoms. The molecular weight excluding hydrogens is 300 g/mol. The van der Waals surface area contributed by atoms with Gasteiger partial charge in [0, 0.05) is 24.2 Å². The van der Waals surface area contributed by atoms with Gasteiger partial charge in [-0.25, -0.2) is 4.79 Å². The second kappa shape index (κ2) is 7.30. The summed E-state index contributed by atoms with van der Waals surface area (Å²) in [6.07, 6.45) is 4.25. The van der Waals surface area contributed by atoms with E-state index in [2.05, 4.69) is 17.1 Å². The molecule has 0 saturated carbocycles. The quantitative estimate of drug-likeness (QED) is 0.779. The Morgan fingerprint density at radius 1 is 1.25 bits per heavy atom. The van der Waals surface area contributed by atoms with Crippen molar-refractivity contribution in [1.82, 2.24) is 0 Å². The van der Waals surface area contributed by atoms with E-state index in [1.807, 2.05) is 49.5 Å². The molecule has 0 aliphatic carbocycles. The lowest BCUT2D eigenvalue weighted by atomic mass is 9.95. The van der Waals surface area contributed by atoms with Gasteiger partial charge in [0.05, 0.1) is 18.5 Å². The van der Waals surface area contributed by atoms with Gasteiger partial charge in [-0.3, -0.25) is 9.89 Å². The van der Waals surface area contributed by atoms with Gasteiger partial charge in [0.25, 0.3) is 0 Å². The average molecular weight is 322 g/mol. The topological polar surface area (TPSA) is 41.9 Å². The Labute approximate surface area is 142 Å². The third-order valence-corrected chi connectivity index (χ3v) is 4.41. The van der Waals surface area contributed by atoms with E-state index in [0.29, 0.717) is 0 Å². The maximum Gasteiger partial charge on any atom is 0.414 e. The first-order valence-electron chi connectivity index (χ1n) is 8.26. The number of ether oxygens (including phenoxy) is 1. The van der Waals surface area contributed by atoms with Gasteiger partial charge in [-0.15, -0.1) is 0 Å². The highest BCUT2D eigenvalue weighted by Gasteiger charge is 2.30. The van der Waals surface area contributed by atoms with Crippen LogP contribution in [0.1, 0.15) is 24.5 Å². The fraction of sp³-hybridized carbons (Fsp3) is 0.300. The Morgan fingerprint density at radius 3 is 2.79 bits per heavy atom. The number of nitrogens with zero attached hydrogens (tertiary/aromatic N) is 2. The SMILES string of the molecule is COC(=O)N1c2cccc(N=CCc3ccccc3)c2CCC1C. The molecule has 3 rings (SSSR count). The van der Waals surface area contributed by atoms with Crippen molar-refractivity contribution >= 4 is 23.7 Å². The normalized spacial score (nSPS) is 16.9. The second-order valence-corrected chi connectivity index (χ2v) is 6.00. The third-order valence-electron chi connectivity index (χ3n) is 4.41. The van der Waals surface area contributed by atoms with E-state index in [1.165, 1.54) is 12.7 Å². The molecule has 0 radical (unpaired) electrons. The Bertz CT molecular complexity index is 741. The molecule has 1 aliphatic heterocycles. The van der Waals surface area contributed by atoms with Gasteiger partial charge in [0.2, 0.25) is 0 Å². The number of benzene rings is 2. The molecule has 0 bridgehead atoms. The summed E-state index contributed by atoms with van der Waals surface area (Å²) < 4.78 is 4.94. The minimum atomic E-state index is -0.311. The molecule has 4 nitrogen and oxygen atoms in total. The Morgan fingerprint density at radius 2 is 2.04 bits per heavy atom. The van der Waals surface area contributed by atoms with Crippen molar-refractivity contribution in [2.45, 2.75) is 32.2 Å². The molecule has 1 amide bonds. The number of carbonyl (C=O) groups excluding carboxylic acids is 1. The van der Waals surface area contributed by atoms with Crippen LogP contribution in [0, 0.1) is 0 Å². The van der Waals surface area contributed by atoms with Crippen molar-refractivity contribution in [2.75, 3.05) is 12.0 Å². The molecule has 0 saturated heterocycles. The summed E-state index contributed by atoms with van der Waals surface area (Å²) in [7, 11) is 1.42. The highest BCUT2D eigenvalue weighted by Crippen LogP contribution is 2.37. The third kappa shape index (κ3) is 3.32. The van der Waals surface area contributed by atoms with Crippen LogP contribution in [-0.4, -0.2) is 25.5 Å². The number of methoxy groups -OCH3 is 1. The molecule has 1 atom stereocenters. The number of hydrogen-bond acceptors (Lipinski definition) is 3. The van der Waals surface area contributed by atoms with E-state index in [1.54, 1.807) is 4.90 Å². The van der Waals surface area contributed by atoms with Gasteiger partial charge in [0.1, 0.15) is 0 Å². The van der Waals surface area contributed by atoms with Crippen molar-refractivity contribution < 1.29 is 9.53 Å². The van der Waals surface area contributed by atoms with Crippen molar-refractivity contribution in [3.8, 4) is 0 Å². The molecule has 1 unspecified atom stereocenters. The summed E-state index contributed by atoms with van der Waals surface area (Å²) in [6.45, 7) is 2.05. The number of hydrogen-bond donors (Lipinski definition) is 0. The maximum absolute atomic E-state index is 12.1. The van der Waals surface area contributed by atoms with Crippen LogP contribution in [-0.2, 0) is 17.6 Å². The number of fused-ring (bicyclic) bond motifs is 1. The largest absolute Gasteiger partial charge is 0.452 e. The molecule has 1 heterocycles. The van der Waals surface area contributed by atoms with Crippen LogP contribution in [0.3, 0.4) is 0 Å². The summed E-state index contributed by atoms with van der Waals surface area (Å²) in [4.78, 5) is 18.5. The standard InChI is InChI=1S/C20H22N2O2/c1-15-11-12-17-18(21-14-13-16-7-4-3-5-8-16)9-6-10-19(17)22(15)20(23)24-2/h3-10,14-15H,11-13H2,1-2H3. The number of aliphatic imine (C=N–C) groups is 1. The van der Waals surface area contributed by atoms with Gasteiger partial charge in [-0.2, -0.15) is 0 Å². The summed E-state index contributed by atoms with van der Waals surface area (Å²) in [6, 6.07) is 16.3. The molecule has 124 valence electrons. The van der Waals surface area contributed by atoms with E-state index in [9.17, 15) is 4.79 Å². The van der Waals surface area contributed by atoms with Crippen LogP contribution in [0.15, 0.2) is 53.5 Å². The summed E-state index contributed by atoms with van der Waals surface area (Å²) in [5.74, 6) is 0. The van der Waals surface area contributed by atoms with E-state index >= 15 is 0 Å². The Hall–Kier alpha value is -2.62. The summed E-state index contributed by atoms with van der Waals surface area (Å²) >= 11 is 0. The monoisotopic (exact) mass is 322 g/mol. The molecule has 0 N–H and O–H groups in total. The second-order valence-electron chi connectivity index (χ2n) is 6.00. The lowest BCUT2D eigenvalue weighted by molar-refractivity contribution is 0.175. The zero-order chi connectivity index (χ0) is 16.9. The number of amides is 1. The van der Waals surface area contributed by atoms with E-state index in [4.69, 9.17) is 4.74 Å². The Balaban J connectivity index is 1.86. The van der Waals surface area contributed by atoms with Gasteiger partial charge in [-0.1, -0.05) is 36.4 Å². The van der Waals surface area contributed by atoms with Crippen molar-refractivity contribution in [3.63, 3.8) is 0 Å². The first kappa shape index (κ1) is 16.2. The maximum atomic E-state index is 12.1. The van der Waals surface area contributed by atoms with Crippen LogP contribution in [0.2, 0.25) is 0 Å². The van der Waals surface area contributed by atoms with E-state index < -0.39 is 0 Å². The molecule has 4 heteroatoms. The van der Waals surface area contributed by atoms with Gasteiger partial charge in [0.15, 0.2) is 0 Å². The molecule has 0 aromatic heterocycles. The molecule has 2 aromatic rings. The Kier molecular flexibility index (Phi) is 4.94. The van der Waals surface area contributed by atoms with E-state index in [0.717, 1.165) is 36.2 Å². The minimum Gasteiger partial charge on any atom is -0.452 e. The smallest absolute Gasteiger partial charge is 0.414 e. The predicted molar refractivity (Wildman–Crippen MR) is 97.4 cm³/mol. The first-order valence-corrected chi connectivity index (χ1v) is 8.26. The van der Waals surface area contributed by atoms with Crippen molar-refractivity contribution in [3.05, 3.63) is 59.7 Å². The number of anilines is 1. The van der Waals surface area contributed by atoms with Crippen molar-refractivity contribution in [1.29, 1.82) is 0 Å². The van der Waals surface area contributed by atoms with Crippen molar-refractivity contribution in [2.24, 2.45) is 4.99 Å². The first-order chi connectivity index (χ1) is 11.7. The zero-order valence-electron chi connectivity index (χ0n) is 14.1. The molecule has 0 spiro atoms. The highest BCUT2D eigenvalue weighted by molar-refractivity contribution is 5.91. The van der Waals surface area contributed by atoms with Crippen LogP contribution >= 0.6 is 0 Å². The molecule has 1 aliphatic rings.